The number of alkyl halides is 2. The fourth-order valence-electron chi connectivity index (χ4n) is 2.01. The zero-order chi connectivity index (χ0) is 18.2. The van der Waals surface area contributed by atoms with Crippen molar-refractivity contribution in [1.29, 1.82) is 0 Å². The highest BCUT2D eigenvalue weighted by Gasteiger charge is 2.07. The number of benzene rings is 2. The van der Waals surface area contributed by atoms with Crippen LogP contribution in [0.5, 0.6) is 5.75 Å². The summed E-state index contributed by atoms with van der Waals surface area (Å²) in [6.07, 6.45) is 0.0905. The molecule has 3 amide bonds. The van der Waals surface area contributed by atoms with Gasteiger partial charge in [0.2, 0.25) is 5.91 Å². The number of anilines is 2. The number of hydrogen-bond donors (Lipinski definition) is 3. The van der Waals surface area contributed by atoms with Crippen LogP contribution in [0.15, 0.2) is 48.5 Å². The third-order valence-electron chi connectivity index (χ3n) is 3.17. The van der Waals surface area contributed by atoms with E-state index < -0.39 is 6.61 Å². The van der Waals surface area contributed by atoms with Crippen LogP contribution in [0, 0.1) is 0 Å². The third kappa shape index (κ3) is 6.09. The molecule has 2 aromatic rings. The molecule has 0 bridgehead atoms. The lowest BCUT2D eigenvalue weighted by Crippen LogP contribution is -2.24. The van der Waals surface area contributed by atoms with Gasteiger partial charge in [-0.25, -0.2) is 4.79 Å². The number of carbonyl (C=O) groups excluding carboxylic acids is 2. The highest BCUT2D eigenvalue weighted by molar-refractivity contribution is 5.93. The molecular formula is C17H17F2N3O3. The monoisotopic (exact) mass is 349 g/mol. The fraction of sp³-hybridized carbons (Fsp3) is 0.176. The molecule has 25 heavy (non-hydrogen) atoms. The minimum absolute atomic E-state index is 0.0402. The summed E-state index contributed by atoms with van der Waals surface area (Å²) < 4.78 is 28.4. The topological polar surface area (TPSA) is 79.5 Å². The quantitative estimate of drug-likeness (QED) is 0.749. The minimum Gasteiger partial charge on any atom is -0.435 e. The lowest BCUT2D eigenvalue weighted by atomic mass is 10.1. The molecule has 2 rings (SSSR count). The van der Waals surface area contributed by atoms with Gasteiger partial charge in [0.15, 0.2) is 0 Å². The van der Waals surface area contributed by atoms with Crippen LogP contribution < -0.4 is 20.7 Å². The normalized spacial score (nSPS) is 10.2. The van der Waals surface area contributed by atoms with Crippen molar-refractivity contribution >= 4 is 23.3 Å². The van der Waals surface area contributed by atoms with Crippen LogP contribution in [0.4, 0.5) is 25.0 Å². The first-order valence-corrected chi connectivity index (χ1v) is 7.38. The summed E-state index contributed by atoms with van der Waals surface area (Å²) in [6.45, 7) is -2.88. The smallest absolute Gasteiger partial charge is 0.387 e. The van der Waals surface area contributed by atoms with Gasteiger partial charge in [-0.3, -0.25) is 4.79 Å². The van der Waals surface area contributed by atoms with Gasteiger partial charge < -0.3 is 20.7 Å². The first kappa shape index (κ1) is 18.2. The van der Waals surface area contributed by atoms with Crippen molar-refractivity contribution in [2.45, 2.75) is 13.0 Å². The number of urea groups is 1. The van der Waals surface area contributed by atoms with E-state index in [2.05, 4.69) is 20.7 Å². The number of rotatable bonds is 6. The van der Waals surface area contributed by atoms with Gasteiger partial charge in [0.25, 0.3) is 0 Å². The summed E-state index contributed by atoms with van der Waals surface area (Å²) in [7, 11) is 1.51. The number of halogens is 2. The van der Waals surface area contributed by atoms with E-state index in [1.54, 1.807) is 36.4 Å². The molecule has 0 atom stereocenters. The molecule has 0 aliphatic heterocycles. The van der Waals surface area contributed by atoms with Crippen molar-refractivity contribution in [3.63, 3.8) is 0 Å². The zero-order valence-corrected chi connectivity index (χ0v) is 13.4. The van der Waals surface area contributed by atoms with Crippen molar-refractivity contribution in [1.82, 2.24) is 5.32 Å². The van der Waals surface area contributed by atoms with Gasteiger partial charge in [-0.05, 0) is 42.0 Å². The van der Waals surface area contributed by atoms with E-state index in [1.165, 1.54) is 19.2 Å². The molecular weight excluding hydrogens is 332 g/mol. The summed E-state index contributed by atoms with van der Waals surface area (Å²) in [5.41, 5.74) is 1.83. The number of hydrogen-bond acceptors (Lipinski definition) is 3. The maximum Gasteiger partial charge on any atom is 0.387 e. The second-order valence-corrected chi connectivity index (χ2v) is 5.03. The molecule has 6 nitrogen and oxygen atoms in total. The van der Waals surface area contributed by atoms with E-state index in [1.807, 2.05) is 0 Å². The Bertz CT molecular complexity index is 719. The van der Waals surface area contributed by atoms with Crippen molar-refractivity contribution in [2.75, 3.05) is 17.7 Å². The van der Waals surface area contributed by atoms with Crippen molar-refractivity contribution in [3.05, 3.63) is 54.1 Å². The molecule has 0 aromatic heterocycles. The zero-order valence-electron chi connectivity index (χ0n) is 13.4. The Balaban J connectivity index is 1.88. The summed E-state index contributed by atoms with van der Waals surface area (Å²) in [5.74, 6) is -0.215. The van der Waals surface area contributed by atoms with E-state index in [-0.39, 0.29) is 24.1 Å². The van der Waals surface area contributed by atoms with E-state index in [9.17, 15) is 18.4 Å². The van der Waals surface area contributed by atoms with Gasteiger partial charge in [0.05, 0.1) is 6.42 Å². The largest absolute Gasteiger partial charge is 0.435 e. The molecule has 0 aliphatic carbocycles. The van der Waals surface area contributed by atoms with Gasteiger partial charge in [-0.2, -0.15) is 8.78 Å². The Hall–Kier alpha value is -3.16. The predicted octanol–water partition coefficient (Wildman–Crippen LogP) is 3.22. The molecule has 2 aromatic carbocycles. The molecule has 0 aliphatic rings. The number of amides is 3. The Labute approximate surface area is 143 Å². The highest BCUT2D eigenvalue weighted by Crippen LogP contribution is 2.17. The van der Waals surface area contributed by atoms with E-state index in [0.29, 0.717) is 16.9 Å². The molecule has 0 heterocycles. The van der Waals surface area contributed by atoms with Gasteiger partial charge in [0.1, 0.15) is 5.75 Å². The second-order valence-electron chi connectivity index (χ2n) is 5.03. The van der Waals surface area contributed by atoms with Gasteiger partial charge >= 0.3 is 12.6 Å². The summed E-state index contributed by atoms with van der Waals surface area (Å²) in [4.78, 5) is 23.2. The number of nitrogens with one attached hydrogen (secondary N) is 3. The Morgan fingerprint density at radius 1 is 0.960 bits per heavy atom. The fourth-order valence-corrected chi connectivity index (χ4v) is 2.01. The van der Waals surface area contributed by atoms with E-state index >= 15 is 0 Å². The molecule has 3 N–H and O–H groups in total. The molecule has 8 heteroatoms. The van der Waals surface area contributed by atoms with Crippen LogP contribution in [0.2, 0.25) is 0 Å². The Kier molecular flexibility index (Phi) is 6.27. The van der Waals surface area contributed by atoms with E-state index in [0.717, 1.165) is 0 Å². The third-order valence-corrected chi connectivity index (χ3v) is 3.17. The van der Waals surface area contributed by atoms with Gasteiger partial charge in [0, 0.05) is 18.4 Å². The van der Waals surface area contributed by atoms with Crippen molar-refractivity contribution in [3.8, 4) is 5.75 Å². The average Bonchev–Trinajstić information content (AvgIpc) is 2.58. The van der Waals surface area contributed by atoms with Crippen LogP contribution in [-0.2, 0) is 11.2 Å². The molecule has 0 unspecified atom stereocenters. The first-order valence-electron chi connectivity index (χ1n) is 7.38. The minimum atomic E-state index is -2.88. The average molecular weight is 349 g/mol. The molecule has 132 valence electrons. The molecule has 0 radical (unpaired) electrons. The summed E-state index contributed by atoms with van der Waals surface area (Å²) in [6, 6.07) is 12.1. The summed E-state index contributed by atoms with van der Waals surface area (Å²) in [5, 5.41) is 7.75. The molecule has 0 saturated carbocycles. The number of carbonyl (C=O) groups is 2. The second kappa shape index (κ2) is 8.62. The lowest BCUT2D eigenvalue weighted by Gasteiger charge is -2.08. The standard InChI is InChI=1S/C17H17F2N3O3/c1-20-17(24)22-13-6-4-12(5-7-13)21-15(23)10-11-2-8-14(9-3-11)25-16(18)19/h2-9,16H,10H2,1H3,(H,21,23)(H2,20,22,24). The molecule has 0 saturated heterocycles. The SMILES string of the molecule is CNC(=O)Nc1ccc(NC(=O)Cc2ccc(OC(F)F)cc2)cc1. The summed E-state index contributed by atoms with van der Waals surface area (Å²) >= 11 is 0. The maximum atomic E-state index is 12.1. The van der Waals surface area contributed by atoms with Crippen molar-refractivity contribution < 1.29 is 23.1 Å². The lowest BCUT2D eigenvalue weighted by molar-refractivity contribution is -0.115. The molecule has 0 spiro atoms. The number of ether oxygens (including phenoxy) is 1. The van der Waals surface area contributed by atoms with Crippen LogP contribution in [0.25, 0.3) is 0 Å². The van der Waals surface area contributed by atoms with Crippen LogP contribution in [-0.4, -0.2) is 25.6 Å². The van der Waals surface area contributed by atoms with Crippen LogP contribution in [0.1, 0.15) is 5.56 Å². The Morgan fingerprint density at radius 2 is 1.52 bits per heavy atom. The Morgan fingerprint density at radius 3 is 2.04 bits per heavy atom. The predicted molar refractivity (Wildman–Crippen MR) is 89.9 cm³/mol. The molecule has 0 fully saturated rings. The maximum absolute atomic E-state index is 12.1. The van der Waals surface area contributed by atoms with Crippen LogP contribution >= 0.6 is 0 Å². The van der Waals surface area contributed by atoms with Crippen molar-refractivity contribution in [2.24, 2.45) is 0 Å². The van der Waals surface area contributed by atoms with Gasteiger partial charge in [-0.15, -0.1) is 0 Å². The first-order chi connectivity index (χ1) is 12.0. The van der Waals surface area contributed by atoms with Gasteiger partial charge in [-0.1, -0.05) is 12.1 Å². The highest BCUT2D eigenvalue weighted by atomic mass is 19.3. The van der Waals surface area contributed by atoms with Crippen LogP contribution in [0.3, 0.4) is 0 Å². The van der Waals surface area contributed by atoms with E-state index in [4.69, 9.17) is 0 Å².